The lowest BCUT2D eigenvalue weighted by Gasteiger charge is -2.13. The Bertz CT molecular complexity index is 1440. The van der Waals surface area contributed by atoms with E-state index in [-0.39, 0.29) is 11.8 Å². The second-order valence-electron chi connectivity index (χ2n) is 8.82. The van der Waals surface area contributed by atoms with Crippen LogP contribution < -0.4 is 15.5 Å². The summed E-state index contributed by atoms with van der Waals surface area (Å²) in [6, 6.07) is 14.1. The van der Waals surface area contributed by atoms with Crippen molar-refractivity contribution in [3.05, 3.63) is 66.0 Å². The summed E-state index contributed by atoms with van der Waals surface area (Å²) in [5, 5.41) is 7.79. The number of aryl methyl sites for hydroxylation is 1. The molecule has 0 radical (unpaired) electrons. The highest BCUT2D eigenvalue weighted by molar-refractivity contribution is 6.50. The van der Waals surface area contributed by atoms with Crippen LogP contribution in [-0.2, 0) is 16.1 Å². The van der Waals surface area contributed by atoms with E-state index in [4.69, 9.17) is 0 Å². The van der Waals surface area contributed by atoms with Crippen LogP contribution >= 0.6 is 0 Å². The van der Waals surface area contributed by atoms with Gasteiger partial charge in [-0.25, -0.2) is 0 Å². The molecule has 4 aromatic rings. The predicted molar refractivity (Wildman–Crippen MR) is 138 cm³/mol. The molecule has 1 aliphatic heterocycles. The lowest BCUT2D eigenvalue weighted by atomic mass is 9.95. The Hall–Kier alpha value is -3.84. The molecule has 0 saturated heterocycles. The van der Waals surface area contributed by atoms with Crippen LogP contribution in [0, 0.1) is 0 Å². The monoisotopic (exact) mass is 455 g/mol. The first-order chi connectivity index (χ1) is 16.5. The van der Waals surface area contributed by atoms with Crippen LogP contribution in [0.5, 0.6) is 0 Å². The normalized spacial score (nSPS) is 14.0. The standard InChI is InChI=1S/C27H29N5O2/c1-4-28-12-7-13-32-16-21(19-11-10-17(31(2)3)14-23(19)32)25-24(26(33)30-27(25)34)20-15-29-22-9-6-5-8-18(20)22/h5-6,8-11,14-16,28-29H,4,7,12-13H2,1-3H3,(H,30,33,34). The minimum Gasteiger partial charge on any atom is -0.378 e. The van der Waals surface area contributed by atoms with Gasteiger partial charge in [0, 0.05) is 66.1 Å². The number of carbonyl (C=O) groups excluding carboxylic acids is 2. The number of aromatic amines is 1. The zero-order chi connectivity index (χ0) is 23.8. The Kier molecular flexibility index (Phi) is 5.71. The minimum absolute atomic E-state index is 0.353. The summed E-state index contributed by atoms with van der Waals surface area (Å²) in [6.07, 6.45) is 4.80. The molecule has 0 fully saturated rings. The highest BCUT2D eigenvalue weighted by Gasteiger charge is 2.35. The number of amides is 2. The number of aromatic nitrogens is 2. The fourth-order valence-corrected chi connectivity index (χ4v) is 4.74. The number of nitrogens with one attached hydrogen (secondary N) is 3. The first-order valence-electron chi connectivity index (χ1n) is 11.7. The van der Waals surface area contributed by atoms with E-state index in [2.05, 4.69) is 50.2 Å². The zero-order valence-corrected chi connectivity index (χ0v) is 19.7. The quantitative estimate of drug-likeness (QED) is 0.279. The maximum atomic E-state index is 13.1. The van der Waals surface area contributed by atoms with Crippen molar-refractivity contribution in [2.45, 2.75) is 19.9 Å². The number of nitrogens with zero attached hydrogens (tertiary/aromatic N) is 2. The summed E-state index contributed by atoms with van der Waals surface area (Å²) in [5.41, 5.74) is 5.45. The number of carbonyl (C=O) groups is 2. The van der Waals surface area contributed by atoms with Crippen molar-refractivity contribution in [2.24, 2.45) is 0 Å². The number of fused-ring (bicyclic) bond motifs is 2. The molecule has 3 heterocycles. The summed E-state index contributed by atoms with van der Waals surface area (Å²) in [7, 11) is 4.03. The summed E-state index contributed by atoms with van der Waals surface area (Å²) in [6.45, 7) is 4.76. The third-order valence-corrected chi connectivity index (χ3v) is 6.44. The average Bonchev–Trinajstić information content (AvgIpc) is 3.49. The molecule has 3 N–H and O–H groups in total. The van der Waals surface area contributed by atoms with E-state index in [1.807, 2.05) is 50.8 Å². The number of anilines is 1. The molecule has 5 rings (SSSR count). The number of hydrogen-bond donors (Lipinski definition) is 3. The molecule has 0 aliphatic carbocycles. The van der Waals surface area contributed by atoms with Gasteiger partial charge >= 0.3 is 0 Å². The topological polar surface area (TPSA) is 82.2 Å². The summed E-state index contributed by atoms with van der Waals surface area (Å²) in [5.74, 6) is -0.712. The predicted octanol–water partition coefficient (Wildman–Crippen LogP) is 3.76. The van der Waals surface area contributed by atoms with Gasteiger partial charge in [-0.1, -0.05) is 31.2 Å². The average molecular weight is 456 g/mol. The van der Waals surface area contributed by atoms with Crippen molar-refractivity contribution >= 4 is 50.5 Å². The smallest absolute Gasteiger partial charge is 0.259 e. The van der Waals surface area contributed by atoms with E-state index in [0.29, 0.717) is 11.1 Å². The second kappa shape index (κ2) is 8.83. The number of para-hydroxylation sites is 1. The molecule has 2 amide bonds. The Morgan fingerprint density at radius 1 is 0.971 bits per heavy atom. The Morgan fingerprint density at radius 2 is 1.74 bits per heavy atom. The molecule has 7 heteroatoms. The van der Waals surface area contributed by atoms with Crippen molar-refractivity contribution in [1.82, 2.24) is 20.2 Å². The van der Waals surface area contributed by atoms with Crippen molar-refractivity contribution < 1.29 is 9.59 Å². The fourth-order valence-electron chi connectivity index (χ4n) is 4.74. The molecule has 2 aromatic carbocycles. The molecule has 0 saturated carbocycles. The Labute approximate surface area is 198 Å². The van der Waals surface area contributed by atoms with Crippen LogP contribution in [0.3, 0.4) is 0 Å². The Balaban J connectivity index is 1.71. The third-order valence-electron chi connectivity index (χ3n) is 6.44. The van der Waals surface area contributed by atoms with Crippen LogP contribution in [0.15, 0.2) is 54.9 Å². The molecule has 7 nitrogen and oxygen atoms in total. The van der Waals surface area contributed by atoms with Crippen molar-refractivity contribution in [2.75, 3.05) is 32.1 Å². The molecule has 0 atom stereocenters. The largest absolute Gasteiger partial charge is 0.378 e. The first-order valence-corrected chi connectivity index (χ1v) is 11.7. The molecule has 0 unspecified atom stereocenters. The van der Waals surface area contributed by atoms with Gasteiger partial charge in [0.05, 0.1) is 16.7 Å². The lowest BCUT2D eigenvalue weighted by molar-refractivity contribution is -0.122. The second-order valence-corrected chi connectivity index (χ2v) is 8.82. The van der Waals surface area contributed by atoms with Crippen LogP contribution in [0.1, 0.15) is 24.5 Å². The van der Waals surface area contributed by atoms with Gasteiger partial charge in [0.2, 0.25) is 0 Å². The van der Waals surface area contributed by atoms with Gasteiger partial charge in [-0.05, 0) is 37.7 Å². The molecule has 34 heavy (non-hydrogen) atoms. The van der Waals surface area contributed by atoms with Crippen molar-refractivity contribution in [3.63, 3.8) is 0 Å². The highest BCUT2D eigenvalue weighted by atomic mass is 16.2. The molecule has 0 bridgehead atoms. The summed E-state index contributed by atoms with van der Waals surface area (Å²) < 4.78 is 2.20. The molecule has 0 spiro atoms. The van der Waals surface area contributed by atoms with Crippen LogP contribution in [0.4, 0.5) is 5.69 Å². The molecular formula is C27H29N5O2. The van der Waals surface area contributed by atoms with Crippen LogP contribution in [-0.4, -0.2) is 48.6 Å². The van der Waals surface area contributed by atoms with E-state index in [0.717, 1.165) is 64.7 Å². The van der Waals surface area contributed by atoms with E-state index >= 15 is 0 Å². The van der Waals surface area contributed by atoms with Gasteiger partial charge in [-0.15, -0.1) is 0 Å². The lowest BCUT2D eigenvalue weighted by Crippen LogP contribution is -2.22. The maximum Gasteiger partial charge on any atom is 0.259 e. The van der Waals surface area contributed by atoms with E-state index in [1.165, 1.54) is 0 Å². The van der Waals surface area contributed by atoms with Crippen LogP contribution in [0.25, 0.3) is 33.0 Å². The molecule has 174 valence electrons. The fraction of sp³-hybridized carbons (Fsp3) is 0.259. The summed E-state index contributed by atoms with van der Waals surface area (Å²) >= 11 is 0. The summed E-state index contributed by atoms with van der Waals surface area (Å²) in [4.78, 5) is 31.4. The van der Waals surface area contributed by atoms with E-state index < -0.39 is 0 Å². The number of benzene rings is 2. The van der Waals surface area contributed by atoms with E-state index in [1.54, 1.807) is 0 Å². The SMILES string of the molecule is CCNCCCn1cc(C2=C(c3c[nH]c4ccccc34)C(=O)NC2=O)c2ccc(N(C)C)cc21. The molecule has 2 aromatic heterocycles. The van der Waals surface area contributed by atoms with Crippen molar-refractivity contribution in [3.8, 4) is 0 Å². The van der Waals surface area contributed by atoms with E-state index in [9.17, 15) is 9.59 Å². The van der Waals surface area contributed by atoms with Gasteiger partial charge in [0.25, 0.3) is 11.8 Å². The maximum absolute atomic E-state index is 13.1. The first kappa shape index (κ1) is 22.0. The number of hydrogen-bond acceptors (Lipinski definition) is 4. The third kappa shape index (κ3) is 3.68. The number of rotatable bonds is 8. The van der Waals surface area contributed by atoms with Crippen LogP contribution in [0.2, 0.25) is 0 Å². The van der Waals surface area contributed by atoms with Crippen molar-refractivity contribution in [1.29, 1.82) is 0 Å². The highest BCUT2D eigenvalue weighted by Crippen LogP contribution is 2.39. The van der Waals surface area contributed by atoms with Gasteiger partial charge in [0.1, 0.15) is 0 Å². The number of imide groups is 1. The Morgan fingerprint density at radius 3 is 2.50 bits per heavy atom. The van der Waals surface area contributed by atoms with Gasteiger partial charge in [-0.3, -0.25) is 14.9 Å². The van der Waals surface area contributed by atoms with Gasteiger partial charge in [0.15, 0.2) is 0 Å². The zero-order valence-electron chi connectivity index (χ0n) is 19.7. The minimum atomic E-state index is -0.359. The number of H-pyrrole nitrogens is 1. The molecule has 1 aliphatic rings. The van der Waals surface area contributed by atoms with Gasteiger partial charge in [-0.2, -0.15) is 0 Å². The molecular weight excluding hydrogens is 426 g/mol. The van der Waals surface area contributed by atoms with Gasteiger partial charge < -0.3 is 19.8 Å².